The lowest BCUT2D eigenvalue weighted by Crippen LogP contribution is -2.47. The molecule has 2 aromatic heterocycles. The maximum Gasteiger partial charge on any atom is 0.490 e. The van der Waals surface area contributed by atoms with Crippen LogP contribution < -0.4 is 4.74 Å². The van der Waals surface area contributed by atoms with Crippen LogP contribution in [0.1, 0.15) is 25.0 Å². The van der Waals surface area contributed by atoms with Gasteiger partial charge in [0.1, 0.15) is 6.10 Å². The van der Waals surface area contributed by atoms with E-state index in [0.717, 1.165) is 44.6 Å². The summed E-state index contributed by atoms with van der Waals surface area (Å²) in [7, 11) is 0. The summed E-state index contributed by atoms with van der Waals surface area (Å²) in [6, 6.07) is 8.92. The van der Waals surface area contributed by atoms with Crippen LogP contribution in [0.4, 0.5) is 43.9 Å². The number of hydrogen-bond acceptors (Lipinski definition) is 8. The van der Waals surface area contributed by atoms with E-state index in [-0.39, 0.29) is 17.6 Å². The number of carbonyl (C=O) groups is 3. The quantitative estimate of drug-likeness (QED) is 0.383. The SMILES string of the molecule is Fc1cccnc1O[C@H]1CO[C@@]2(CCCN(Cc3ccccn3)C2)C1.O=C(O)C(F)(F)F.O=C(O)C(F)(F)F.O=C(O)C(F)(F)F. The number of rotatable bonds is 4. The van der Waals surface area contributed by atoms with Crippen molar-refractivity contribution in [1.82, 2.24) is 14.9 Å². The van der Waals surface area contributed by atoms with E-state index < -0.39 is 42.3 Å². The van der Waals surface area contributed by atoms with Crippen LogP contribution in [-0.2, 0) is 25.7 Å². The second kappa shape index (κ2) is 16.9. The number of likely N-dealkylation sites (tertiary alicyclic amines) is 1. The topological polar surface area (TPSA) is 159 Å². The highest BCUT2D eigenvalue weighted by atomic mass is 19.4. The molecule has 0 bridgehead atoms. The lowest BCUT2D eigenvalue weighted by atomic mass is 9.89. The van der Waals surface area contributed by atoms with E-state index in [0.29, 0.717) is 6.61 Å². The Labute approximate surface area is 252 Å². The average molecular weight is 685 g/mol. The third-order valence-electron chi connectivity index (χ3n) is 5.64. The lowest BCUT2D eigenvalue weighted by Gasteiger charge is -2.39. The van der Waals surface area contributed by atoms with Gasteiger partial charge in [-0.3, -0.25) is 9.88 Å². The average Bonchev–Trinajstić information content (AvgIpc) is 3.31. The van der Waals surface area contributed by atoms with Gasteiger partial charge in [0.2, 0.25) is 0 Å². The van der Waals surface area contributed by atoms with Gasteiger partial charge in [0.25, 0.3) is 5.88 Å². The van der Waals surface area contributed by atoms with Gasteiger partial charge in [0, 0.05) is 31.9 Å². The molecule has 2 aliphatic heterocycles. The van der Waals surface area contributed by atoms with Gasteiger partial charge in [0.15, 0.2) is 5.82 Å². The van der Waals surface area contributed by atoms with Gasteiger partial charge in [-0.2, -0.15) is 39.5 Å². The second-order valence-corrected chi connectivity index (χ2v) is 9.27. The van der Waals surface area contributed by atoms with Crippen molar-refractivity contribution >= 4 is 17.9 Å². The van der Waals surface area contributed by atoms with Crippen molar-refractivity contribution in [3.8, 4) is 5.88 Å². The molecule has 2 fully saturated rings. The molecule has 0 saturated carbocycles. The largest absolute Gasteiger partial charge is 0.490 e. The maximum absolute atomic E-state index is 13.7. The normalized spacial score (nSPS) is 19.7. The van der Waals surface area contributed by atoms with Crippen LogP contribution in [0.3, 0.4) is 0 Å². The number of carboxylic acid groups (broad SMARTS) is 3. The molecule has 4 heterocycles. The molecule has 11 nitrogen and oxygen atoms in total. The number of aromatic nitrogens is 2. The fraction of sp³-hybridized carbons (Fsp3) is 0.480. The fourth-order valence-corrected chi connectivity index (χ4v) is 3.82. The van der Waals surface area contributed by atoms with Gasteiger partial charge < -0.3 is 24.8 Å². The molecule has 0 amide bonds. The lowest BCUT2D eigenvalue weighted by molar-refractivity contribution is -0.193. The Morgan fingerprint density at radius 2 is 1.39 bits per heavy atom. The highest BCUT2D eigenvalue weighted by Gasteiger charge is 2.45. The molecule has 2 aromatic rings. The number of pyridine rings is 2. The molecule has 3 N–H and O–H groups in total. The summed E-state index contributed by atoms with van der Waals surface area (Å²) in [5.41, 5.74) is 0.865. The molecule has 46 heavy (non-hydrogen) atoms. The van der Waals surface area contributed by atoms with Gasteiger partial charge in [0.05, 0.1) is 17.9 Å². The molecule has 0 aromatic carbocycles. The Morgan fingerprint density at radius 1 is 0.870 bits per heavy atom. The van der Waals surface area contributed by atoms with Gasteiger partial charge >= 0.3 is 36.4 Å². The van der Waals surface area contributed by atoms with E-state index in [1.54, 1.807) is 12.3 Å². The zero-order chi connectivity index (χ0) is 35.3. The molecule has 2 atom stereocenters. The van der Waals surface area contributed by atoms with Gasteiger partial charge in [-0.1, -0.05) is 6.07 Å². The van der Waals surface area contributed by atoms with Gasteiger partial charge in [-0.15, -0.1) is 0 Å². The number of ether oxygens (including phenoxy) is 2. The summed E-state index contributed by atoms with van der Waals surface area (Å²) in [5.74, 6) is -8.63. The zero-order valence-electron chi connectivity index (χ0n) is 23.1. The van der Waals surface area contributed by atoms with Crippen molar-refractivity contribution < 1.29 is 83.1 Å². The molecule has 0 radical (unpaired) electrons. The van der Waals surface area contributed by atoms with Crippen molar-refractivity contribution in [2.45, 2.75) is 56.0 Å². The molecule has 2 aliphatic rings. The van der Waals surface area contributed by atoms with Crippen LogP contribution in [0.2, 0.25) is 0 Å². The Bertz CT molecular complexity index is 1220. The minimum atomic E-state index is -5.08. The number of halogens is 10. The van der Waals surface area contributed by atoms with Crippen LogP contribution in [-0.4, -0.2) is 98.0 Å². The predicted octanol–water partition coefficient (Wildman–Crippen LogP) is 4.72. The van der Waals surface area contributed by atoms with Crippen LogP contribution >= 0.6 is 0 Å². The standard InChI is InChI=1S/C19H22FN3O2.3C2HF3O2/c20-17-6-3-9-22-18(17)25-16-11-19(24-13-16)7-4-10-23(14-19)12-15-5-1-2-8-21-15;3*3-2(4,5)1(6)7/h1-3,5-6,8-9,16H,4,7,10-14H2;3*(H,6,7)/t16-,19+;;;/m1.../s1. The van der Waals surface area contributed by atoms with E-state index in [2.05, 4.69) is 14.9 Å². The monoisotopic (exact) mass is 685 g/mol. The zero-order valence-corrected chi connectivity index (χ0v) is 23.1. The summed E-state index contributed by atoms with van der Waals surface area (Å²) in [6.07, 6.45) is -9.18. The van der Waals surface area contributed by atoms with Gasteiger partial charge in [-0.25, -0.2) is 23.8 Å². The molecule has 258 valence electrons. The van der Waals surface area contributed by atoms with E-state index in [4.69, 9.17) is 39.2 Å². The summed E-state index contributed by atoms with van der Waals surface area (Å²) < 4.78 is 121. The van der Waals surface area contributed by atoms with Crippen molar-refractivity contribution in [2.75, 3.05) is 19.7 Å². The van der Waals surface area contributed by atoms with E-state index >= 15 is 0 Å². The third-order valence-corrected chi connectivity index (χ3v) is 5.64. The third kappa shape index (κ3) is 14.7. The first-order chi connectivity index (χ1) is 21.1. The van der Waals surface area contributed by atoms with Gasteiger partial charge in [-0.05, 0) is 43.7 Å². The maximum atomic E-state index is 13.7. The predicted molar refractivity (Wildman–Crippen MR) is 132 cm³/mol. The van der Waals surface area contributed by atoms with E-state index in [1.807, 2.05) is 24.4 Å². The molecule has 0 aliphatic carbocycles. The highest BCUT2D eigenvalue weighted by molar-refractivity contribution is 5.73. The summed E-state index contributed by atoms with van der Waals surface area (Å²) in [4.78, 5) is 37.5. The smallest absolute Gasteiger partial charge is 0.475 e. The Kier molecular flexibility index (Phi) is 14.6. The fourth-order valence-electron chi connectivity index (χ4n) is 3.82. The molecule has 21 heteroatoms. The molecule has 0 unspecified atom stereocenters. The van der Waals surface area contributed by atoms with E-state index in [1.165, 1.54) is 6.07 Å². The number of aliphatic carboxylic acids is 3. The summed E-state index contributed by atoms with van der Waals surface area (Å²) >= 11 is 0. The minimum Gasteiger partial charge on any atom is -0.475 e. The van der Waals surface area contributed by atoms with E-state index in [9.17, 15) is 43.9 Å². The Morgan fingerprint density at radius 3 is 1.85 bits per heavy atom. The van der Waals surface area contributed by atoms with Crippen LogP contribution in [0, 0.1) is 5.82 Å². The Balaban J connectivity index is 0.000000413. The van der Waals surface area contributed by atoms with Crippen molar-refractivity contribution in [3.63, 3.8) is 0 Å². The number of hydrogen-bond donors (Lipinski definition) is 3. The number of nitrogens with zero attached hydrogens (tertiary/aromatic N) is 3. The molecule has 1 spiro atoms. The Hall–Kier alpha value is -4.27. The number of carboxylic acids is 3. The summed E-state index contributed by atoms with van der Waals surface area (Å²) in [5, 5.41) is 21.4. The van der Waals surface area contributed by atoms with Crippen LogP contribution in [0.5, 0.6) is 5.88 Å². The minimum absolute atomic E-state index is 0.0642. The number of piperidine rings is 1. The molecular weight excluding hydrogens is 660 g/mol. The van der Waals surface area contributed by atoms with Crippen LogP contribution in [0.15, 0.2) is 42.7 Å². The molecule has 4 rings (SSSR count). The molecule has 2 saturated heterocycles. The second-order valence-electron chi connectivity index (χ2n) is 9.27. The van der Waals surface area contributed by atoms with Crippen molar-refractivity contribution in [1.29, 1.82) is 0 Å². The first kappa shape index (κ1) is 39.8. The first-order valence-corrected chi connectivity index (χ1v) is 12.5. The first-order valence-electron chi connectivity index (χ1n) is 12.5. The summed E-state index contributed by atoms with van der Waals surface area (Å²) in [6.45, 7) is 3.20. The molecular formula is C25H25F10N3O8. The van der Waals surface area contributed by atoms with Crippen LogP contribution in [0.25, 0.3) is 0 Å². The number of alkyl halides is 9. The van der Waals surface area contributed by atoms with Crippen molar-refractivity contribution in [3.05, 3.63) is 54.2 Å². The highest BCUT2D eigenvalue weighted by Crippen LogP contribution is 2.36. The van der Waals surface area contributed by atoms with Crippen molar-refractivity contribution in [2.24, 2.45) is 0 Å².